The van der Waals surface area contributed by atoms with Crippen LogP contribution in [0.5, 0.6) is 0 Å². The molecule has 4 nitrogen and oxygen atoms in total. The molecule has 9 aromatic rings. The highest BCUT2D eigenvalue weighted by Gasteiger charge is 2.17. The van der Waals surface area contributed by atoms with Gasteiger partial charge in [0.2, 0.25) is 0 Å². The largest absolute Gasteiger partial charge is 0.309 e. The molecule has 0 spiro atoms. The van der Waals surface area contributed by atoms with E-state index in [1.165, 1.54) is 27.6 Å². The Morgan fingerprint density at radius 3 is 1.24 bits per heavy atom. The number of aromatic nitrogens is 4. The van der Waals surface area contributed by atoms with Crippen molar-refractivity contribution in [3.8, 4) is 62.1 Å². The van der Waals surface area contributed by atoms with Crippen LogP contribution in [0.3, 0.4) is 0 Å². The summed E-state index contributed by atoms with van der Waals surface area (Å²) in [6.45, 7) is 0. The predicted octanol–water partition coefficient (Wildman–Crippen LogP) is 11.3. The first-order valence-corrected chi connectivity index (χ1v) is 16.5. The Hall–Kier alpha value is -6.65. The van der Waals surface area contributed by atoms with Gasteiger partial charge in [-0.1, -0.05) is 140 Å². The first-order chi connectivity index (χ1) is 24.3. The zero-order valence-electron chi connectivity index (χ0n) is 26.6. The molecule has 0 radical (unpaired) electrons. The summed E-state index contributed by atoms with van der Waals surface area (Å²) in [6, 6.07) is 63.5. The van der Waals surface area contributed by atoms with E-state index in [0.29, 0.717) is 17.5 Å². The molecule has 0 aliphatic rings. The van der Waals surface area contributed by atoms with Crippen LogP contribution in [0.1, 0.15) is 0 Å². The van der Waals surface area contributed by atoms with Gasteiger partial charge in [-0.25, -0.2) is 15.0 Å². The number of hydrogen-bond donors (Lipinski definition) is 0. The van der Waals surface area contributed by atoms with E-state index in [-0.39, 0.29) is 0 Å². The van der Waals surface area contributed by atoms with Gasteiger partial charge in [-0.15, -0.1) is 0 Å². The summed E-state index contributed by atoms with van der Waals surface area (Å²) in [5, 5.41) is 2.31. The molecule has 0 atom stereocenters. The molecule has 49 heavy (non-hydrogen) atoms. The highest BCUT2D eigenvalue weighted by Crippen LogP contribution is 2.37. The van der Waals surface area contributed by atoms with Crippen LogP contribution in [0.2, 0.25) is 0 Å². The summed E-state index contributed by atoms with van der Waals surface area (Å²) >= 11 is 0. The van der Waals surface area contributed by atoms with Gasteiger partial charge >= 0.3 is 0 Å². The molecule has 0 aliphatic carbocycles. The van der Waals surface area contributed by atoms with Crippen LogP contribution in [0.25, 0.3) is 83.9 Å². The second-order valence-corrected chi connectivity index (χ2v) is 12.1. The van der Waals surface area contributed by atoms with Crippen LogP contribution in [0.4, 0.5) is 0 Å². The first kappa shape index (κ1) is 28.6. The predicted molar refractivity (Wildman–Crippen MR) is 201 cm³/mol. The normalized spacial score (nSPS) is 11.3. The van der Waals surface area contributed by atoms with E-state index in [1.807, 2.05) is 60.7 Å². The van der Waals surface area contributed by atoms with Gasteiger partial charge in [-0.3, -0.25) is 0 Å². The molecule has 0 saturated carbocycles. The number of nitrogens with zero attached hydrogens (tertiary/aromatic N) is 4. The minimum atomic E-state index is 0.642. The van der Waals surface area contributed by atoms with Crippen molar-refractivity contribution in [3.63, 3.8) is 0 Å². The van der Waals surface area contributed by atoms with Gasteiger partial charge in [0.15, 0.2) is 17.5 Å². The second kappa shape index (κ2) is 12.2. The number of fused-ring (bicyclic) bond motifs is 3. The summed E-state index contributed by atoms with van der Waals surface area (Å²) in [4.78, 5) is 14.9. The zero-order valence-corrected chi connectivity index (χ0v) is 26.6. The van der Waals surface area contributed by atoms with Crippen molar-refractivity contribution in [1.82, 2.24) is 19.5 Å². The fraction of sp³-hybridized carbons (Fsp3) is 0. The van der Waals surface area contributed by atoms with Crippen LogP contribution in [0, 0.1) is 0 Å². The van der Waals surface area contributed by atoms with E-state index in [0.717, 1.165) is 38.8 Å². The van der Waals surface area contributed by atoms with Gasteiger partial charge in [0.05, 0.1) is 11.0 Å². The van der Waals surface area contributed by atoms with E-state index in [4.69, 9.17) is 15.0 Å². The monoisotopic (exact) mass is 626 g/mol. The highest BCUT2D eigenvalue weighted by molar-refractivity contribution is 6.10. The Morgan fingerprint density at radius 2 is 0.714 bits per heavy atom. The number of benzene rings is 7. The quantitative estimate of drug-likeness (QED) is 0.184. The van der Waals surface area contributed by atoms with Crippen LogP contribution in [0.15, 0.2) is 182 Å². The molecule has 4 heteroatoms. The minimum Gasteiger partial charge on any atom is -0.309 e. The number of para-hydroxylation sites is 1. The Bertz CT molecular complexity index is 2460. The van der Waals surface area contributed by atoms with Gasteiger partial charge in [0.1, 0.15) is 0 Å². The van der Waals surface area contributed by atoms with Gasteiger partial charge in [0, 0.05) is 33.2 Å². The molecule has 0 bridgehead atoms. The average Bonchev–Trinajstić information content (AvgIpc) is 3.53. The summed E-state index contributed by atoms with van der Waals surface area (Å²) in [6.07, 6.45) is 0. The van der Waals surface area contributed by atoms with Crippen LogP contribution in [-0.2, 0) is 0 Å². The standard InChI is InChI=1S/C45H30N4/c1-5-15-31(16-6-1)36-27-37(32-17-7-2-8-18-32)29-38(28-36)49-41-24-14-13-23-39(41)40-30-35(25-26-42(40)49)45-47-43(33-19-9-3-10-20-33)46-44(48-45)34-21-11-4-12-22-34/h1-30H. The SMILES string of the molecule is c1ccc(-c2cc(-c3ccccc3)cc(-n3c4ccccc4c4cc(-c5nc(-c6ccccc6)nc(-c6ccccc6)n5)ccc43)c2)cc1. The van der Waals surface area contributed by atoms with E-state index < -0.39 is 0 Å². The summed E-state index contributed by atoms with van der Waals surface area (Å²) in [7, 11) is 0. The van der Waals surface area contributed by atoms with Crippen LogP contribution in [-0.4, -0.2) is 19.5 Å². The molecule has 0 aliphatic heterocycles. The third-order valence-electron chi connectivity index (χ3n) is 9.02. The van der Waals surface area contributed by atoms with Crippen molar-refractivity contribution in [1.29, 1.82) is 0 Å². The maximum Gasteiger partial charge on any atom is 0.164 e. The summed E-state index contributed by atoms with van der Waals surface area (Å²) < 4.78 is 2.38. The first-order valence-electron chi connectivity index (χ1n) is 16.5. The van der Waals surface area contributed by atoms with Crippen molar-refractivity contribution < 1.29 is 0 Å². The van der Waals surface area contributed by atoms with Crippen molar-refractivity contribution in [3.05, 3.63) is 182 Å². The van der Waals surface area contributed by atoms with Crippen LogP contribution >= 0.6 is 0 Å². The smallest absolute Gasteiger partial charge is 0.164 e. The van der Waals surface area contributed by atoms with Gasteiger partial charge in [-0.2, -0.15) is 0 Å². The molecule has 2 heterocycles. The maximum absolute atomic E-state index is 5.01. The Kier molecular flexibility index (Phi) is 7.10. The lowest BCUT2D eigenvalue weighted by molar-refractivity contribution is 1.07. The molecule has 0 N–H and O–H groups in total. The molecular formula is C45H30N4. The third kappa shape index (κ3) is 5.35. The molecule has 0 amide bonds. The van der Waals surface area contributed by atoms with E-state index in [2.05, 4.69) is 126 Å². The Balaban J connectivity index is 1.26. The lowest BCUT2D eigenvalue weighted by Gasteiger charge is -2.14. The van der Waals surface area contributed by atoms with Gasteiger partial charge < -0.3 is 4.57 Å². The fourth-order valence-corrected chi connectivity index (χ4v) is 6.66. The van der Waals surface area contributed by atoms with Crippen molar-refractivity contribution in [2.45, 2.75) is 0 Å². The highest BCUT2D eigenvalue weighted by atomic mass is 15.0. The van der Waals surface area contributed by atoms with Gasteiger partial charge in [0.25, 0.3) is 0 Å². The maximum atomic E-state index is 5.01. The summed E-state index contributed by atoms with van der Waals surface area (Å²) in [5.74, 6) is 1.94. The van der Waals surface area contributed by atoms with Gasteiger partial charge in [-0.05, 0) is 64.7 Å². The third-order valence-corrected chi connectivity index (χ3v) is 9.02. The number of rotatable bonds is 6. The topological polar surface area (TPSA) is 43.6 Å². The molecular weight excluding hydrogens is 597 g/mol. The van der Waals surface area contributed by atoms with E-state index >= 15 is 0 Å². The number of hydrogen-bond acceptors (Lipinski definition) is 3. The van der Waals surface area contributed by atoms with E-state index in [9.17, 15) is 0 Å². The lowest BCUT2D eigenvalue weighted by atomic mass is 9.98. The van der Waals surface area contributed by atoms with Crippen molar-refractivity contribution in [2.75, 3.05) is 0 Å². The Morgan fingerprint density at radius 1 is 0.286 bits per heavy atom. The molecule has 2 aromatic heterocycles. The van der Waals surface area contributed by atoms with Crippen molar-refractivity contribution in [2.24, 2.45) is 0 Å². The van der Waals surface area contributed by atoms with Crippen LogP contribution < -0.4 is 0 Å². The lowest BCUT2D eigenvalue weighted by Crippen LogP contribution is -2.00. The molecule has 230 valence electrons. The molecule has 0 saturated heterocycles. The molecule has 9 rings (SSSR count). The van der Waals surface area contributed by atoms with Crippen molar-refractivity contribution >= 4 is 21.8 Å². The Labute approximate surface area is 284 Å². The second-order valence-electron chi connectivity index (χ2n) is 12.1. The zero-order chi connectivity index (χ0) is 32.6. The van der Waals surface area contributed by atoms with E-state index in [1.54, 1.807) is 0 Å². The summed E-state index contributed by atoms with van der Waals surface area (Å²) in [5.41, 5.74) is 10.9. The molecule has 0 unspecified atom stereocenters. The fourth-order valence-electron chi connectivity index (χ4n) is 6.66. The molecule has 7 aromatic carbocycles. The minimum absolute atomic E-state index is 0.642. The average molecular weight is 627 g/mol. The molecule has 0 fully saturated rings.